The Hall–Kier alpha value is -1.98. The zero-order valence-electron chi connectivity index (χ0n) is 15.6. The number of thioether (sulfide) groups is 1. The van der Waals surface area contributed by atoms with E-state index in [-0.39, 0.29) is 11.9 Å². The number of ether oxygens (including phenoxy) is 1. The summed E-state index contributed by atoms with van der Waals surface area (Å²) in [5, 5.41) is 0. The van der Waals surface area contributed by atoms with Crippen molar-refractivity contribution < 1.29 is 9.53 Å². The molecule has 1 atom stereocenters. The summed E-state index contributed by atoms with van der Waals surface area (Å²) in [4.78, 5) is 18.2. The molecule has 5 heteroatoms. The number of carbonyl (C=O) groups excluding carboxylic acids is 1. The first kappa shape index (κ1) is 18.8. The molecule has 1 aliphatic heterocycles. The van der Waals surface area contributed by atoms with Crippen molar-refractivity contribution in [2.75, 3.05) is 31.9 Å². The van der Waals surface area contributed by atoms with Crippen molar-refractivity contribution in [1.29, 1.82) is 0 Å². The molecule has 2 aromatic rings. The van der Waals surface area contributed by atoms with Crippen molar-refractivity contribution in [3.05, 3.63) is 54.1 Å². The Balaban J connectivity index is 1.73. The molecule has 1 saturated heterocycles. The van der Waals surface area contributed by atoms with E-state index in [1.807, 2.05) is 48.5 Å². The van der Waals surface area contributed by atoms with Crippen molar-refractivity contribution in [3.8, 4) is 5.75 Å². The molecule has 26 heavy (non-hydrogen) atoms. The summed E-state index contributed by atoms with van der Waals surface area (Å²) in [6.07, 6.45) is 3.96. The second kappa shape index (κ2) is 8.60. The van der Waals surface area contributed by atoms with Gasteiger partial charge in [-0.15, -0.1) is 11.8 Å². The van der Waals surface area contributed by atoms with Gasteiger partial charge < -0.3 is 9.64 Å². The topological polar surface area (TPSA) is 32.8 Å². The zero-order chi connectivity index (χ0) is 18.5. The van der Waals surface area contributed by atoms with Crippen LogP contribution in [0.3, 0.4) is 0 Å². The van der Waals surface area contributed by atoms with Gasteiger partial charge in [-0.25, -0.2) is 0 Å². The number of anilines is 1. The molecule has 4 nitrogen and oxygen atoms in total. The molecular weight excluding hydrogens is 344 g/mol. The lowest BCUT2D eigenvalue weighted by molar-refractivity contribution is -0.125. The van der Waals surface area contributed by atoms with Crippen LogP contribution >= 0.6 is 11.8 Å². The SMILES string of the molecule is COc1cc(CN(C)[C@@H]2CCCN(c3ccccc3)C2=O)ccc1SC. The number of carbonyl (C=O) groups is 1. The highest BCUT2D eigenvalue weighted by molar-refractivity contribution is 7.98. The zero-order valence-corrected chi connectivity index (χ0v) is 16.5. The van der Waals surface area contributed by atoms with Crippen LogP contribution in [0.5, 0.6) is 5.75 Å². The van der Waals surface area contributed by atoms with Crippen molar-refractivity contribution >= 4 is 23.4 Å². The third kappa shape index (κ3) is 4.05. The van der Waals surface area contributed by atoms with Crippen LogP contribution < -0.4 is 9.64 Å². The molecule has 0 spiro atoms. The van der Waals surface area contributed by atoms with Gasteiger partial charge in [-0.1, -0.05) is 24.3 Å². The quantitative estimate of drug-likeness (QED) is 0.719. The standard InChI is InChI=1S/C21H26N2O2S/c1-22(15-16-11-12-20(26-3)19(14-16)25-2)18-10-7-13-23(21(18)24)17-8-5-4-6-9-17/h4-6,8-9,11-12,14,18H,7,10,13,15H2,1-3H3/t18-/m1/s1. The van der Waals surface area contributed by atoms with Crippen LogP contribution in [0.1, 0.15) is 18.4 Å². The maximum absolute atomic E-state index is 13.0. The molecule has 0 unspecified atom stereocenters. The van der Waals surface area contributed by atoms with E-state index in [4.69, 9.17) is 4.74 Å². The molecule has 3 rings (SSSR count). The van der Waals surface area contributed by atoms with Crippen molar-refractivity contribution in [3.63, 3.8) is 0 Å². The number of hydrogen-bond donors (Lipinski definition) is 0. The monoisotopic (exact) mass is 370 g/mol. The summed E-state index contributed by atoms with van der Waals surface area (Å²) >= 11 is 1.67. The van der Waals surface area contributed by atoms with Crippen LogP contribution in [0.2, 0.25) is 0 Å². The minimum atomic E-state index is -0.0878. The normalized spacial score (nSPS) is 17.6. The number of para-hydroxylation sites is 1. The van der Waals surface area contributed by atoms with Gasteiger partial charge >= 0.3 is 0 Å². The summed E-state index contributed by atoms with van der Waals surface area (Å²) in [5.74, 6) is 1.09. The van der Waals surface area contributed by atoms with E-state index in [1.165, 1.54) is 0 Å². The third-order valence-corrected chi connectivity index (χ3v) is 5.67. The van der Waals surface area contributed by atoms with Gasteiger partial charge in [0.05, 0.1) is 13.2 Å². The van der Waals surface area contributed by atoms with Crippen LogP contribution in [0, 0.1) is 0 Å². The van der Waals surface area contributed by atoms with Gasteiger partial charge in [-0.05, 0) is 56.0 Å². The maximum atomic E-state index is 13.0. The highest BCUT2D eigenvalue weighted by atomic mass is 32.2. The molecule has 138 valence electrons. The average Bonchev–Trinajstić information content (AvgIpc) is 2.68. The predicted octanol–water partition coefficient (Wildman–Crippen LogP) is 4.04. The van der Waals surface area contributed by atoms with Crippen LogP contribution in [-0.2, 0) is 11.3 Å². The van der Waals surface area contributed by atoms with E-state index in [1.54, 1.807) is 18.9 Å². The van der Waals surface area contributed by atoms with Gasteiger partial charge in [-0.3, -0.25) is 9.69 Å². The number of nitrogens with zero attached hydrogens (tertiary/aromatic N) is 2. The van der Waals surface area contributed by atoms with E-state index >= 15 is 0 Å². The Kier molecular flexibility index (Phi) is 6.22. The molecule has 0 bridgehead atoms. The third-order valence-electron chi connectivity index (χ3n) is 4.89. The number of hydrogen-bond acceptors (Lipinski definition) is 4. The van der Waals surface area contributed by atoms with Crippen LogP contribution in [0.4, 0.5) is 5.69 Å². The Morgan fingerprint density at radius 3 is 2.69 bits per heavy atom. The van der Waals surface area contributed by atoms with Crippen LogP contribution in [-0.4, -0.2) is 43.8 Å². The summed E-state index contributed by atoms with van der Waals surface area (Å²) < 4.78 is 5.49. The highest BCUT2D eigenvalue weighted by Crippen LogP contribution is 2.29. The van der Waals surface area contributed by atoms with Crippen molar-refractivity contribution in [2.45, 2.75) is 30.3 Å². The fourth-order valence-electron chi connectivity index (χ4n) is 3.51. The first-order chi connectivity index (χ1) is 12.6. The Morgan fingerprint density at radius 1 is 1.23 bits per heavy atom. The summed E-state index contributed by atoms with van der Waals surface area (Å²) in [6.45, 7) is 1.52. The number of piperidine rings is 1. The fourth-order valence-corrected chi connectivity index (χ4v) is 4.05. The lowest BCUT2D eigenvalue weighted by Gasteiger charge is -2.37. The van der Waals surface area contributed by atoms with Gasteiger partial charge in [0.25, 0.3) is 0 Å². The molecule has 1 fully saturated rings. The van der Waals surface area contributed by atoms with E-state index < -0.39 is 0 Å². The average molecular weight is 371 g/mol. The Bertz CT molecular complexity index is 751. The van der Waals surface area contributed by atoms with Gasteiger partial charge in [0.1, 0.15) is 5.75 Å². The van der Waals surface area contributed by atoms with E-state index in [0.717, 1.165) is 47.8 Å². The molecule has 1 amide bonds. The van der Waals surface area contributed by atoms with Crippen molar-refractivity contribution in [1.82, 2.24) is 4.90 Å². The Labute approximate surface area is 160 Å². The molecular formula is C21H26N2O2S. The van der Waals surface area contributed by atoms with E-state index in [0.29, 0.717) is 0 Å². The molecule has 1 heterocycles. The number of amides is 1. The van der Waals surface area contributed by atoms with E-state index in [9.17, 15) is 4.79 Å². The smallest absolute Gasteiger partial charge is 0.244 e. The minimum absolute atomic E-state index is 0.0878. The predicted molar refractivity (Wildman–Crippen MR) is 108 cm³/mol. The maximum Gasteiger partial charge on any atom is 0.244 e. The molecule has 0 aromatic heterocycles. The molecule has 2 aromatic carbocycles. The van der Waals surface area contributed by atoms with E-state index in [2.05, 4.69) is 23.1 Å². The highest BCUT2D eigenvalue weighted by Gasteiger charge is 2.32. The van der Waals surface area contributed by atoms with Gasteiger partial charge in [0.15, 0.2) is 0 Å². The first-order valence-electron chi connectivity index (χ1n) is 8.91. The van der Waals surface area contributed by atoms with Gasteiger partial charge in [0, 0.05) is 23.7 Å². The van der Waals surface area contributed by atoms with Crippen molar-refractivity contribution in [2.24, 2.45) is 0 Å². The molecule has 0 N–H and O–H groups in total. The summed E-state index contributed by atoms with van der Waals surface area (Å²) in [6, 6.07) is 16.1. The van der Waals surface area contributed by atoms with Gasteiger partial charge in [-0.2, -0.15) is 0 Å². The van der Waals surface area contributed by atoms with Crippen LogP contribution in [0.25, 0.3) is 0 Å². The summed E-state index contributed by atoms with van der Waals surface area (Å²) in [7, 11) is 3.73. The Morgan fingerprint density at radius 2 is 2.00 bits per heavy atom. The lowest BCUT2D eigenvalue weighted by atomic mass is 10.0. The van der Waals surface area contributed by atoms with Gasteiger partial charge in [0.2, 0.25) is 5.91 Å². The molecule has 0 saturated carbocycles. The fraction of sp³-hybridized carbons (Fsp3) is 0.381. The number of methoxy groups -OCH3 is 1. The first-order valence-corrected chi connectivity index (χ1v) is 10.1. The molecule has 0 radical (unpaired) electrons. The molecule has 1 aliphatic rings. The summed E-state index contributed by atoms with van der Waals surface area (Å²) in [5.41, 5.74) is 2.15. The number of rotatable bonds is 6. The second-order valence-corrected chi connectivity index (χ2v) is 7.44. The minimum Gasteiger partial charge on any atom is -0.496 e. The second-order valence-electron chi connectivity index (χ2n) is 6.59. The number of benzene rings is 2. The largest absolute Gasteiger partial charge is 0.496 e. The van der Waals surface area contributed by atoms with Crippen LogP contribution in [0.15, 0.2) is 53.4 Å². The lowest BCUT2D eigenvalue weighted by Crippen LogP contribution is -2.51. The molecule has 0 aliphatic carbocycles. The number of likely N-dealkylation sites (N-methyl/N-ethyl adjacent to an activating group) is 1.